The summed E-state index contributed by atoms with van der Waals surface area (Å²) in [4.78, 5) is 4.14. The highest BCUT2D eigenvalue weighted by Crippen LogP contribution is 2.36. The Morgan fingerprint density at radius 2 is 1.80 bits per heavy atom. The van der Waals surface area contributed by atoms with Gasteiger partial charge in [-0.3, -0.25) is 4.98 Å². The summed E-state index contributed by atoms with van der Waals surface area (Å²) in [5.74, 6) is 0. The Morgan fingerprint density at radius 3 is 2.30 bits per heavy atom. The highest BCUT2D eigenvalue weighted by Gasteiger charge is 2.53. The van der Waals surface area contributed by atoms with Gasteiger partial charge in [0.25, 0.3) is 0 Å². The van der Waals surface area contributed by atoms with E-state index in [9.17, 15) is 8.78 Å². The smallest absolute Gasteiger partial charge is 0.398 e. The van der Waals surface area contributed by atoms with Gasteiger partial charge in [0.1, 0.15) is 0 Å². The van der Waals surface area contributed by atoms with Gasteiger partial charge in [-0.2, -0.15) is 0 Å². The van der Waals surface area contributed by atoms with Gasteiger partial charge in [0.2, 0.25) is 6.43 Å². The topological polar surface area (TPSA) is 31.4 Å². The second-order valence-corrected chi connectivity index (χ2v) is 6.25. The third-order valence-corrected chi connectivity index (χ3v) is 4.22. The molecular formula is C13H17BClF2NO2. The van der Waals surface area contributed by atoms with E-state index in [2.05, 4.69) is 4.98 Å². The number of alkyl halides is 2. The lowest BCUT2D eigenvalue weighted by Crippen LogP contribution is -2.41. The molecule has 110 valence electrons. The van der Waals surface area contributed by atoms with Crippen molar-refractivity contribution in [2.24, 2.45) is 0 Å². The molecule has 0 N–H and O–H groups in total. The number of hydrogen-bond acceptors (Lipinski definition) is 3. The van der Waals surface area contributed by atoms with Crippen molar-refractivity contribution in [2.45, 2.75) is 51.7 Å². The molecule has 1 aliphatic rings. The summed E-state index contributed by atoms with van der Waals surface area (Å²) >= 11 is 6.01. The summed E-state index contributed by atoms with van der Waals surface area (Å²) in [6.45, 7) is 7.57. The predicted octanol–water partition coefficient (Wildman–Crippen LogP) is 2.84. The molecule has 0 saturated carbocycles. The van der Waals surface area contributed by atoms with Crippen molar-refractivity contribution in [2.75, 3.05) is 0 Å². The minimum atomic E-state index is -2.50. The number of pyridine rings is 1. The lowest BCUT2D eigenvalue weighted by molar-refractivity contribution is 0.00578. The Hall–Kier alpha value is -0.715. The van der Waals surface area contributed by atoms with E-state index < -0.39 is 31.2 Å². The third-order valence-electron chi connectivity index (χ3n) is 3.87. The summed E-state index contributed by atoms with van der Waals surface area (Å²) in [6.07, 6.45) is -1.50. The van der Waals surface area contributed by atoms with Crippen LogP contribution >= 0.6 is 11.6 Å². The van der Waals surface area contributed by atoms with Crippen LogP contribution in [0.5, 0.6) is 0 Å². The van der Waals surface area contributed by atoms with Crippen LogP contribution in [0.4, 0.5) is 8.78 Å². The summed E-state index contributed by atoms with van der Waals surface area (Å²) in [5, 5.41) is 0.255. The molecular weight excluding hydrogens is 286 g/mol. The normalized spacial score (nSPS) is 20.7. The molecule has 0 aromatic carbocycles. The number of aromatic nitrogens is 1. The predicted molar refractivity (Wildman–Crippen MR) is 74.7 cm³/mol. The van der Waals surface area contributed by atoms with E-state index in [-0.39, 0.29) is 10.6 Å². The van der Waals surface area contributed by atoms with Crippen molar-refractivity contribution < 1.29 is 18.1 Å². The van der Waals surface area contributed by atoms with Crippen LogP contribution in [0.25, 0.3) is 0 Å². The highest BCUT2D eigenvalue weighted by molar-refractivity contribution is 6.62. The minimum Gasteiger partial charge on any atom is -0.398 e. The highest BCUT2D eigenvalue weighted by atomic mass is 35.5. The van der Waals surface area contributed by atoms with Crippen LogP contribution in [-0.2, 0) is 15.7 Å². The molecule has 1 aromatic heterocycles. The molecule has 2 heterocycles. The first kappa shape index (κ1) is 15.7. The Balaban J connectivity index is 2.37. The lowest BCUT2D eigenvalue weighted by Gasteiger charge is -2.32. The standard InChI is InChI=1S/C13H17BClF2NO2/c1-12(2)13(3,4)20-14(19-12)11-8(7-10(16)17)9(15)5-6-18-11/h5-6,10H,7H2,1-4H3. The molecule has 0 spiro atoms. The zero-order chi connectivity index (χ0) is 15.1. The molecule has 7 heteroatoms. The maximum absolute atomic E-state index is 12.7. The largest absolute Gasteiger partial charge is 0.514 e. The van der Waals surface area contributed by atoms with E-state index in [4.69, 9.17) is 20.9 Å². The fourth-order valence-corrected chi connectivity index (χ4v) is 2.23. The second-order valence-electron chi connectivity index (χ2n) is 5.84. The van der Waals surface area contributed by atoms with Gasteiger partial charge in [0.15, 0.2) is 0 Å². The number of nitrogens with zero attached hydrogens (tertiary/aromatic N) is 1. The molecule has 3 nitrogen and oxygen atoms in total. The number of halogens is 3. The SMILES string of the molecule is CC1(C)OB(c2nccc(Cl)c2CC(F)F)OC1(C)C. The molecule has 1 aliphatic heterocycles. The van der Waals surface area contributed by atoms with E-state index in [1.54, 1.807) is 0 Å². The fraction of sp³-hybridized carbons (Fsp3) is 0.615. The molecule has 0 radical (unpaired) electrons. The zero-order valence-electron chi connectivity index (χ0n) is 11.9. The number of hydrogen-bond donors (Lipinski definition) is 0. The van der Waals surface area contributed by atoms with Crippen LogP contribution in [0.2, 0.25) is 5.02 Å². The van der Waals surface area contributed by atoms with Crippen molar-refractivity contribution in [1.29, 1.82) is 0 Å². The maximum atomic E-state index is 12.7. The van der Waals surface area contributed by atoms with Gasteiger partial charge in [-0.25, -0.2) is 8.78 Å². The fourth-order valence-electron chi connectivity index (χ4n) is 2.00. The third kappa shape index (κ3) is 2.82. The van der Waals surface area contributed by atoms with Crippen LogP contribution < -0.4 is 5.59 Å². The van der Waals surface area contributed by atoms with Gasteiger partial charge < -0.3 is 9.31 Å². The molecule has 0 bridgehead atoms. The molecule has 0 amide bonds. The maximum Gasteiger partial charge on any atom is 0.514 e. The van der Waals surface area contributed by atoms with E-state index in [0.717, 1.165) is 0 Å². The van der Waals surface area contributed by atoms with Crippen LogP contribution in [0, 0.1) is 0 Å². The van der Waals surface area contributed by atoms with Crippen molar-refractivity contribution in [3.63, 3.8) is 0 Å². The van der Waals surface area contributed by atoms with Gasteiger partial charge in [0, 0.05) is 17.6 Å². The van der Waals surface area contributed by atoms with Gasteiger partial charge >= 0.3 is 7.12 Å². The summed E-state index contributed by atoms with van der Waals surface area (Å²) in [7, 11) is -0.785. The van der Waals surface area contributed by atoms with E-state index >= 15 is 0 Å². The quantitative estimate of drug-likeness (QED) is 0.805. The Morgan fingerprint density at radius 1 is 1.25 bits per heavy atom. The Bertz CT molecular complexity index is 495. The molecule has 2 rings (SSSR count). The molecule has 1 fully saturated rings. The molecule has 1 aromatic rings. The molecule has 1 saturated heterocycles. The van der Waals surface area contributed by atoms with Crippen molar-refractivity contribution in [3.8, 4) is 0 Å². The van der Waals surface area contributed by atoms with Gasteiger partial charge in [-0.15, -0.1) is 0 Å². The summed E-state index contributed by atoms with van der Waals surface area (Å²) in [6, 6.07) is 1.49. The van der Waals surface area contributed by atoms with E-state index in [1.807, 2.05) is 27.7 Å². The molecule has 0 atom stereocenters. The van der Waals surface area contributed by atoms with Crippen LogP contribution in [0.1, 0.15) is 33.3 Å². The van der Waals surface area contributed by atoms with Crippen LogP contribution in [0.3, 0.4) is 0 Å². The second kappa shape index (κ2) is 5.24. The zero-order valence-corrected chi connectivity index (χ0v) is 12.7. The first-order valence-electron chi connectivity index (χ1n) is 6.41. The first-order valence-corrected chi connectivity index (χ1v) is 6.79. The van der Waals surface area contributed by atoms with Crippen molar-refractivity contribution >= 4 is 24.3 Å². The monoisotopic (exact) mass is 303 g/mol. The minimum absolute atomic E-state index is 0.255. The summed E-state index contributed by atoms with van der Waals surface area (Å²) in [5.41, 5.74) is -0.493. The van der Waals surface area contributed by atoms with Gasteiger partial charge in [0.05, 0.1) is 16.8 Å². The van der Waals surface area contributed by atoms with E-state index in [1.165, 1.54) is 12.3 Å². The first-order chi connectivity index (χ1) is 9.14. The van der Waals surface area contributed by atoms with Crippen molar-refractivity contribution in [1.82, 2.24) is 4.98 Å². The van der Waals surface area contributed by atoms with Crippen molar-refractivity contribution in [3.05, 3.63) is 22.8 Å². The van der Waals surface area contributed by atoms with Crippen LogP contribution in [0.15, 0.2) is 12.3 Å². The Labute approximate surface area is 122 Å². The summed E-state index contributed by atoms with van der Waals surface area (Å²) < 4.78 is 37.1. The molecule has 0 aliphatic carbocycles. The average molecular weight is 304 g/mol. The molecule has 20 heavy (non-hydrogen) atoms. The lowest BCUT2D eigenvalue weighted by atomic mass is 9.80. The van der Waals surface area contributed by atoms with Crippen LogP contribution in [-0.4, -0.2) is 29.7 Å². The Kier molecular flexibility index (Phi) is 4.11. The van der Waals surface area contributed by atoms with Gasteiger partial charge in [-0.05, 0) is 39.3 Å². The number of rotatable bonds is 3. The van der Waals surface area contributed by atoms with E-state index in [0.29, 0.717) is 5.59 Å². The average Bonchev–Trinajstić information content (AvgIpc) is 2.50. The van der Waals surface area contributed by atoms with Gasteiger partial charge in [-0.1, -0.05) is 11.6 Å². The molecule has 0 unspecified atom stereocenters.